The van der Waals surface area contributed by atoms with Gasteiger partial charge in [-0.1, -0.05) is 30.7 Å². The van der Waals surface area contributed by atoms with Crippen molar-refractivity contribution in [2.24, 2.45) is 5.92 Å². The van der Waals surface area contributed by atoms with Crippen molar-refractivity contribution in [1.82, 2.24) is 0 Å². The average molecular weight is 347 g/mol. The Bertz CT molecular complexity index is 686. The number of hydrogen-bond donors (Lipinski definition) is 0. The van der Waals surface area contributed by atoms with E-state index in [4.69, 9.17) is 16.3 Å². The molecular formula is C19H19ClO4. The first-order valence-electron chi connectivity index (χ1n) is 7.86. The molecule has 2 rings (SSSR count). The van der Waals surface area contributed by atoms with Gasteiger partial charge in [0.25, 0.3) is 0 Å². The maximum atomic E-state index is 12.4. The Balaban J connectivity index is 2.05. The van der Waals surface area contributed by atoms with Crippen LogP contribution in [0, 0.1) is 5.92 Å². The van der Waals surface area contributed by atoms with Crippen LogP contribution in [0.15, 0.2) is 48.1 Å². The minimum atomic E-state index is -0.590. The second-order valence-electron chi connectivity index (χ2n) is 5.60. The molecule has 0 N–H and O–H groups in total. The van der Waals surface area contributed by atoms with Crippen LogP contribution in [0.4, 0.5) is 0 Å². The molecule has 0 saturated heterocycles. The number of carbonyl (C=O) groups excluding carboxylic acids is 3. The average Bonchev–Trinajstić information content (AvgIpc) is 2.56. The van der Waals surface area contributed by atoms with Gasteiger partial charge in [-0.3, -0.25) is 14.4 Å². The number of hydrogen-bond acceptors (Lipinski definition) is 4. The molecule has 1 aromatic rings. The van der Waals surface area contributed by atoms with Crippen LogP contribution in [0.3, 0.4) is 0 Å². The summed E-state index contributed by atoms with van der Waals surface area (Å²) in [5.74, 6) is -1.19. The highest BCUT2D eigenvalue weighted by Crippen LogP contribution is 2.24. The van der Waals surface area contributed by atoms with Crippen LogP contribution in [-0.2, 0) is 14.3 Å². The van der Waals surface area contributed by atoms with Gasteiger partial charge in [0.1, 0.15) is 6.61 Å². The summed E-state index contributed by atoms with van der Waals surface area (Å²) < 4.78 is 5.18. The van der Waals surface area contributed by atoms with Crippen molar-refractivity contribution in [2.75, 3.05) is 6.61 Å². The van der Waals surface area contributed by atoms with E-state index in [1.54, 1.807) is 36.4 Å². The summed E-state index contributed by atoms with van der Waals surface area (Å²) in [5, 5.41) is 0.548. The van der Waals surface area contributed by atoms with E-state index in [-0.39, 0.29) is 30.6 Å². The fourth-order valence-electron chi connectivity index (χ4n) is 2.44. The minimum Gasteiger partial charge on any atom is -0.461 e. The summed E-state index contributed by atoms with van der Waals surface area (Å²) in [6.07, 6.45) is 5.88. The zero-order chi connectivity index (χ0) is 17.5. The van der Waals surface area contributed by atoms with Crippen LogP contribution >= 0.6 is 11.6 Å². The van der Waals surface area contributed by atoms with Crippen LogP contribution in [0.5, 0.6) is 0 Å². The van der Waals surface area contributed by atoms with Crippen LogP contribution in [0.1, 0.15) is 36.5 Å². The molecule has 1 aromatic carbocycles. The number of benzene rings is 1. The van der Waals surface area contributed by atoms with E-state index in [2.05, 4.69) is 0 Å². The smallest absolute Gasteiger partial charge is 0.306 e. The van der Waals surface area contributed by atoms with Gasteiger partial charge < -0.3 is 4.74 Å². The lowest BCUT2D eigenvalue weighted by atomic mass is 9.85. The van der Waals surface area contributed by atoms with Crippen LogP contribution in [0.2, 0.25) is 5.02 Å². The maximum Gasteiger partial charge on any atom is 0.306 e. The summed E-state index contributed by atoms with van der Waals surface area (Å²) >= 11 is 5.82. The Morgan fingerprint density at radius 3 is 2.58 bits per heavy atom. The third kappa shape index (κ3) is 4.90. The van der Waals surface area contributed by atoms with Crippen molar-refractivity contribution in [3.05, 3.63) is 58.7 Å². The third-order valence-corrected chi connectivity index (χ3v) is 4.02. The highest BCUT2D eigenvalue weighted by Gasteiger charge is 2.27. The number of esters is 1. The fraction of sp³-hybridized carbons (Fsp3) is 0.316. The monoisotopic (exact) mass is 346 g/mol. The van der Waals surface area contributed by atoms with Crippen molar-refractivity contribution in [2.45, 2.75) is 26.2 Å². The van der Waals surface area contributed by atoms with Crippen LogP contribution < -0.4 is 0 Å². The Morgan fingerprint density at radius 2 is 1.92 bits per heavy atom. The van der Waals surface area contributed by atoms with Gasteiger partial charge in [0.2, 0.25) is 0 Å². The first-order valence-corrected chi connectivity index (χ1v) is 8.24. The van der Waals surface area contributed by atoms with Gasteiger partial charge in [0.15, 0.2) is 11.6 Å². The number of halogens is 1. The molecule has 5 heteroatoms. The molecule has 1 aliphatic carbocycles. The van der Waals surface area contributed by atoms with Crippen molar-refractivity contribution < 1.29 is 19.1 Å². The molecule has 0 fully saturated rings. The molecule has 0 aliphatic heterocycles. The Morgan fingerprint density at radius 1 is 1.21 bits per heavy atom. The molecule has 0 aromatic heterocycles. The topological polar surface area (TPSA) is 60.4 Å². The normalized spacial score (nSPS) is 16.7. The molecular weight excluding hydrogens is 328 g/mol. The second kappa shape index (κ2) is 8.60. The summed E-state index contributed by atoms with van der Waals surface area (Å²) in [6.45, 7) is 1.93. The summed E-state index contributed by atoms with van der Waals surface area (Å²) in [4.78, 5) is 36.1. The lowest BCUT2D eigenvalue weighted by Gasteiger charge is -2.20. The van der Waals surface area contributed by atoms with Crippen molar-refractivity contribution in [3.63, 3.8) is 0 Å². The summed E-state index contributed by atoms with van der Waals surface area (Å²) in [6, 6.07) is 6.55. The largest absolute Gasteiger partial charge is 0.461 e. The zero-order valence-electron chi connectivity index (χ0n) is 13.5. The number of allylic oxidation sites excluding steroid dienone is 3. The maximum absolute atomic E-state index is 12.4. The van der Waals surface area contributed by atoms with Gasteiger partial charge >= 0.3 is 5.97 Å². The molecule has 0 heterocycles. The molecule has 0 saturated carbocycles. The van der Waals surface area contributed by atoms with E-state index >= 15 is 0 Å². The van der Waals surface area contributed by atoms with E-state index in [0.717, 1.165) is 0 Å². The van der Waals surface area contributed by atoms with Gasteiger partial charge in [-0.25, -0.2) is 0 Å². The number of ketones is 2. The van der Waals surface area contributed by atoms with Crippen molar-refractivity contribution in [1.29, 1.82) is 0 Å². The predicted molar refractivity (Wildman–Crippen MR) is 92.0 cm³/mol. The number of ether oxygens (including phenoxy) is 1. The number of carbonyl (C=O) groups is 3. The van der Waals surface area contributed by atoms with Crippen LogP contribution in [0.25, 0.3) is 0 Å². The van der Waals surface area contributed by atoms with Gasteiger partial charge in [-0.05, 0) is 42.3 Å². The molecule has 0 bridgehead atoms. The standard InChI is InChI=1S/C19H19ClO4/c1-2-4-19(23)24-12-14-5-3-6-17(21)16(14)11-18(22)13-7-9-15(20)10-8-13/h3,5-10,16H,2,4,11-12H2,1H3. The molecule has 0 amide bonds. The van der Waals surface area contributed by atoms with Gasteiger partial charge in [-0.2, -0.15) is 0 Å². The van der Waals surface area contributed by atoms with Crippen molar-refractivity contribution >= 4 is 29.1 Å². The molecule has 1 atom stereocenters. The van der Waals surface area contributed by atoms with Gasteiger partial charge in [0, 0.05) is 23.4 Å². The summed E-state index contributed by atoms with van der Waals surface area (Å²) in [7, 11) is 0. The van der Waals surface area contributed by atoms with E-state index in [9.17, 15) is 14.4 Å². The Labute approximate surface area is 146 Å². The lowest BCUT2D eigenvalue weighted by molar-refractivity contribution is -0.143. The third-order valence-electron chi connectivity index (χ3n) is 3.77. The Hall–Kier alpha value is -2.20. The van der Waals surface area contributed by atoms with E-state index in [0.29, 0.717) is 29.0 Å². The van der Waals surface area contributed by atoms with Gasteiger partial charge in [0.05, 0.1) is 5.92 Å². The van der Waals surface area contributed by atoms with Crippen molar-refractivity contribution in [3.8, 4) is 0 Å². The predicted octanol–water partition coefficient (Wildman–Crippen LogP) is 3.94. The molecule has 0 spiro atoms. The lowest BCUT2D eigenvalue weighted by Crippen LogP contribution is -2.24. The number of Topliss-reactive ketones (excluding diaryl/α,β-unsaturated/α-hetero) is 1. The number of rotatable bonds is 7. The Kier molecular flexibility index (Phi) is 6.50. The van der Waals surface area contributed by atoms with E-state index < -0.39 is 5.92 Å². The zero-order valence-corrected chi connectivity index (χ0v) is 14.2. The van der Waals surface area contributed by atoms with E-state index in [1.165, 1.54) is 6.08 Å². The highest BCUT2D eigenvalue weighted by atomic mass is 35.5. The SMILES string of the molecule is CCCC(=O)OCC1=CC=CC(=O)C1CC(=O)c1ccc(Cl)cc1. The van der Waals surface area contributed by atoms with Crippen LogP contribution in [-0.4, -0.2) is 24.1 Å². The van der Waals surface area contributed by atoms with E-state index in [1.807, 2.05) is 6.92 Å². The first-order chi connectivity index (χ1) is 11.5. The molecule has 4 nitrogen and oxygen atoms in total. The molecule has 1 unspecified atom stereocenters. The minimum absolute atomic E-state index is 0.0352. The highest BCUT2D eigenvalue weighted by molar-refractivity contribution is 6.30. The van der Waals surface area contributed by atoms with Gasteiger partial charge in [-0.15, -0.1) is 0 Å². The molecule has 1 aliphatic rings. The molecule has 0 radical (unpaired) electrons. The fourth-order valence-corrected chi connectivity index (χ4v) is 2.57. The summed E-state index contributed by atoms with van der Waals surface area (Å²) in [5.41, 5.74) is 1.15. The first kappa shape index (κ1) is 18.1. The molecule has 126 valence electrons. The second-order valence-corrected chi connectivity index (χ2v) is 6.04. The molecule has 24 heavy (non-hydrogen) atoms. The quantitative estimate of drug-likeness (QED) is 0.554.